The molecule has 0 saturated heterocycles. The highest BCUT2D eigenvalue weighted by Gasteiger charge is 1.98. The quantitative estimate of drug-likeness (QED) is 0.697. The van der Waals surface area contributed by atoms with E-state index in [0.717, 1.165) is 18.1 Å². The van der Waals surface area contributed by atoms with Crippen molar-refractivity contribution in [2.45, 2.75) is 46.0 Å². The number of rotatable bonds is 7. The molecule has 0 spiro atoms. The van der Waals surface area contributed by atoms with Crippen LogP contribution in [0.3, 0.4) is 0 Å². The van der Waals surface area contributed by atoms with Gasteiger partial charge in [-0.25, -0.2) is 4.98 Å². The third kappa shape index (κ3) is 4.09. The zero-order chi connectivity index (χ0) is 10.2. The van der Waals surface area contributed by atoms with Crippen LogP contribution in [0.15, 0.2) is 5.38 Å². The molecular weight excluding hydrogens is 192 g/mol. The molecular formula is C11H20N2S. The predicted molar refractivity (Wildman–Crippen MR) is 64.1 cm³/mol. The first-order valence-corrected chi connectivity index (χ1v) is 6.43. The second kappa shape index (κ2) is 6.82. The van der Waals surface area contributed by atoms with Crippen LogP contribution in [0.4, 0.5) is 5.13 Å². The fraction of sp³-hybridized carbons (Fsp3) is 0.727. The Labute approximate surface area is 90.8 Å². The van der Waals surface area contributed by atoms with Crippen LogP contribution in [-0.2, 0) is 6.42 Å². The molecule has 0 aliphatic carbocycles. The van der Waals surface area contributed by atoms with E-state index in [1.54, 1.807) is 11.3 Å². The molecule has 1 aromatic heterocycles. The number of unbranched alkanes of at least 4 members (excludes halogenated alkanes) is 3. The topological polar surface area (TPSA) is 24.9 Å². The molecule has 0 aromatic carbocycles. The number of aryl methyl sites for hydroxylation is 1. The molecule has 3 heteroatoms. The molecule has 0 fully saturated rings. The predicted octanol–water partition coefficient (Wildman–Crippen LogP) is 3.70. The normalized spacial score (nSPS) is 10.4. The van der Waals surface area contributed by atoms with E-state index in [4.69, 9.17) is 0 Å². The van der Waals surface area contributed by atoms with Gasteiger partial charge >= 0.3 is 0 Å². The summed E-state index contributed by atoms with van der Waals surface area (Å²) in [7, 11) is 0. The van der Waals surface area contributed by atoms with Crippen LogP contribution in [0.1, 0.15) is 45.2 Å². The van der Waals surface area contributed by atoms with Crippen LogP contribution in [0.2, 0.25) is 0 Å². The zero-order valence-electron chi connectivity index (χ0n) is 9.18. The van der Waals surface area contributed by atoms with Crippen molar-refractivity contribution in [2.24, 2.45) is 0 Å². The summed E-state index contributed by atoms with van der Waals surface area (Å²) in [5.74, 6) is 0. The Morgan fingerprint density at radius 3 is 2.79 bits per heavy atom. The fourth-order valence-electron chi connectivity index (χ4n) is 1.30. The number of hydrogen-bond donors (Lipinski definition) is 1. The van der Waals surface area contributed by atoms with E-state index in [9.17, 15) is 0 Å². The molecule has 0 aliphatic rings. The van der Waals surface area contributed by atoms with Gasteiger partial charge in [-0.1, -0.05) is 33.1 Å². The van der Waals surface area contributed by atoms with Crippen LogP contribution in [0.5, 0.6) is 0 Å². The highest BCUT2D eigenvalue weighted by molar-refractivity contribution is 7.13. The first-order valence-electron chi connectivity index (χ1n) is 5.55. The van der Waals surface area contributed by atoms with E-state index in [-0.39, 0.29) is 0 Å². The maximum absolute atomic E-state index is 4.45. The molecule has 1 aromatic rings. The summed E-state index contributed by atoms with van der Waals surface area (Å²) < 4.78 is 0. The number of hydrogen-bond acceptors (Lipinski definition) is 3. The molecule has 0 saturated carbocycles. The lowest BCUT2D eigenvalue weighted by Gasteiger charge is -2.01. The largest absolute Gasteiger partial charge is 0.362 e. The van der Waals surface area contributed by atoms with Gasteiger partial charge in [0.15, 0.2) is 5.13 Å². The summed E-state index contributed by atoms with van der Waals surface area (Å²) in [4.78, 5) is 4.45. The minimum Gasteiger partial charge on any atom is -0.362 e. The molecule has 1 heterocycles. The molecule has 1 N–H and O–H groups in total. The van der Waals surface area contributed by atoms with Crippen LogP contribution in [0.25, 0.3) is 0 Å². The number of nitrogens with one attached hydrogen (secondary N) is 1. The molecule has 80 valence electrons. The van der Waals surface area contributed by atoms with Crippen molar-refractivity contribution in [3.05, 3.63) is 11.1 Å². The molecule has 1 rings (SSSR count). The lowest BCUT2D eigenvalue weighted by molar-refractivity contribution is 0.685. The highest BCUT2D eigenvalue weighted by atomic mass is 32.1. The van der Waals surface area contributed by atoms with Gasteiger partial charge in [-0.2, -0.15) is 0 Å². The van der Waals surface area contributed by atoms with Crippen LogP contribution in [-0.4, -0.2) is 11.5 Å². The van der Waals surface area contributed by atoms with Gasteiger partial charge in [-0.15, -0.1) is 11.3 Å². The summed E-state index contributed by atoms with van der Waals surface area (Å²) in [6, 6.07) is 0. The minimum absolute atomic E-state index is 1.04. The van der Waals surface area contributed by atoms with Crippen molar-refractivity contribution in [1.82, 2.24) is 4.98 Å². The molecule has 0 bridgehead atoms. The molecule has 14 heavy (non-hydrogen) atoms. The summed E-state index contributed by atoms with van der Waals surface area (Å²) >= 11 is 1.72. The molecule has 0 amide bonds. The van der Waals surface area contributed by atoms with E-state index in [1.165, 1.54) is 31.4 Å². The number of aromatic nitrogens is 1. The first-order chi connectivity index (χ1) is 6.86. The smallest absolute Gasteiger partial charge is 0.182 e. The molecule has 0 aliphatic heterocycles. The lowest BCUT2D eigenvalue weighted by Crippen LogP contribution is -2.00. The summed E-state index contributed by atoms with van der Waals surface area (Å²) in [6.45, 7) is 5.44. The van der Waals surface area contributed by atoms with Gasteiger partial charge in [0.25, 0.3) is 0 Å². The number of anilines is 1. The SMILES string of the molecule is CCCCCCNc1nc(CC)cs1. The van der Waals surface area contributed by atoms with Crippen molar-refractivity contribution < 1.29 is 0 Å². The maximum atomic E-state index is 4.45. The van der Waals surface area contributed by atoms with Gasteiger partial charge in [-0.3, -0.25) is 0 Å². The van der Waals surface area contributed by atoms with Crippen molar-refractivity contribution in [3.63, 3.8) is 0 Å². The average Bonchev–Trinajstić information content (AvgIpc) is 2.65. The zero-order valence-corrected chi connectivity index (χ0v) is 9.99. The Balaban J connectivity index is 2.12. The van der Waals surface area contributed by atoms with Gasteiger partial charge < -0.3 is 5.32 Å². The number of thiazole rings is 1. The monoisotopic (exact) mass is 212 g/mol. The molecule has 2 nitrogen and oxygen atoms in total. The van der Waals surface area contributed by atoms with E-state index < -0.39 is 0 Å². The average molecular weight is 212 g/mol. The van der Waals surface area contributed by atoms with E-state index in [1.807, 2.05) is 0 Å². The van der Waals surface area contributed by atoms with E-state index >= 15 is 0 Å². The lowest BCUT2D eigenvalue weighted by atomic mass is 10.2. The molecule has 0 unspecified atom stereocenters. The number of nitrogens with zero attached hydrogens (tertiary/aromatic N) is 1. The molecule has 0 atom stereocenters. The van der Waals surface area contributed by atoms with Crippen LogP contribution in [0, 0.1) is 0 Å². The van der Waals surface area contributed by atoms with Crippen molar-refractivity contribution in [3.8, 4) is 0 Å². The van der Waals surface area contributed by atoms with E-state index in [0.29, 0.717) is 0 Å². The highest BCUT2D eigenvalue weighted by Crippen LogP contribution is 2.15. The van der Waals surface area contributed by atoms with E-state index in [2.05, 4.69) is 29.5 Å². The maximum Gasteiger partial charge on any atom is 0.182 e. The Bertz CT molecular complexity index is 245. The van der Waals surface area contributed by atoms with Crippen LogP contribution < -0.4 is 5.32 Å². The van der Waals surface area contributed by atoms with Crippen LogP contribution >= 0.6 is 11.3 Å². The Morgan fingerprint density at radius 2 is 2.14 bits per heavy atom. The van der Waals surface area contributed by atoms with Gasteiger partial charge in [0, 0.05) is 11.9 Å². The van der Waals surface area contributed by atoms with Gasteiger partial charge in [-0.05, 0) is 12.8 Å². The van der Waals surface area contributed by atoms with Gasteiger partial charge in [0.05, 0.1) is 5.69 Å². The Hall–Kier alpha value is -0.570. The second-order valence-corrected chi connectivity index (χ2v) is 4.34. The van der Waals surface area contributed by atoms with Crippen molar-refractivity contribution in [1.29, 1.82) is 0 Å². The minimum atomic E-state index is 1.04. The third-order valence-electron chi connectivity index (χ3n) is 2.22. The third-order valence-corrected chi connectivity index (χ3v) is 3.07. The summed E-state index contributed by atoms with van der Waals surface area (Å²) in [6.07, 6.45) is 6.27. The van der Waals surface area contributed by atoms with Crippen molar-refractivity contribution >= 4 is 16.5 Å². The second-order valence-electron chi connectivity index (χ2n) is 3.48. The Morgan fingerprint density at radius 1 is 1.29 bits per heavy atom. The molecule has 0 radical (unpaired) electrons. The fourth-order valence-corrected chi connectivity index (χ4v) is 2.12. The Kier molecular flexibility index (Phi) is 5.60. The van der Waals surface area contributed by atoms with Gasteiger partial charge in [0.1, 0.15) is 0 Å². The van der Waals surface area contributed by atoms with Gasteiger partial charge in [0.2, 0.25) is 0 Å². The summed E-state index contributed by atoms with van der Waals surface area (Å²) in [5, 5.41) is 6.58. The first kappa shape index (κ1) is 11.5. The van der Waals surface area contributed by atoms with Crippen molar-refractivity contribution in [2.75, 3.05) is 11.9 Å². The standard InChI is InChI=1S/C11H20N2S/c1-3-5-6-7-8-12-11-13-10(4-2)9-14-11/h9H,3-8H2,1-2H3,(H,12,13). The summed E-state index contributed by atoms with van der Waals surface area (Å²) in [5.41, 5.74) is 1.20.